The summed E-state index contributed by atoms with van der Waals surface area (Å²) in [6.07, 6.45) is 7.14. The van der Waals surface area contributed by atoms with Gasteiger partial charge in [-0.15, -0.1) is 0 Å². The molecule has 0 bridgehead atoms. The standard InChI is InChI=1S/C12H20O2/c1-4-6-7-9-10(3)12(14)11(13)8-5-2/h4,6-7,9,11-14H,3,5,8H2,1-2H3/b6-4-,9-7-. The summed E-state index contributed by atoms with van der Waals surface area (Å²) in [5.41, 5.74) is 0.545. The van der Waals surface area contributed by atoms with Gasteiger partial charge in [-0.2, -0.15) is 0 Å². The quantitative estimate of drug-likeness (QED) is 0.639. The van der Waals surface area contributed by atoms with E-state index in [0.29, 0.717) is 12.0 Å². The molecule has 2 unspecified atom stereocenters. The Morgan fingerprint density at radius 2 is 2.00 bits per heavy atom. The maximum atomic E-state index is 9.59. The predicted octanol–water partition coefficient (Wildman–Crippen LogP) is 2.20. The van der Waals surface area contributed by atoms with Gasteiger partial charge in [0.1, 0.15) is 6.10 Å². The minimum absolute atomic E-state index is 0.545. The summed E-state index contributed by atoms with van der Waals surface area (Å²) in [6.45, 7) is 7.58. The molecule has 0 aromatic carbocycles. The van der Waals surface area contributed by atoms with E-state index in [1.807, 2.05) is 26.0 Å². The Hall–Kier alpha value is -0.860. The molecule has 0 fully saturated rings. The fourth-order valence-corrected chi connectivity index (χ4v) is 1.09. The van der Waals surface area contributed by atoms with E-state index in [0.717, 1.165) is 6.42 Å². The number of allylic oxidation sites excluding steroid dienone is 3. The van der Waals surface area contributed by atoms with Gasteiger partial charge in [0.2, 0.25) is 0 Å². The molecule has 14 heavy (non-hydrogen) atoms. The first-order valence-corrected chi connectivity index (χ1v) is 4.97. The molecule has 0 amide bonds. The van der Waals surface area contributed by atoms with Crippen LogP contribution in [0.1, 0.15) is 26.7 Å². The molecule has 0 aliphatic heterocycles. The van der Waals surface area contributed by atoms with Gasteiger partial charge in [0, 0.05) is 0 Å². The molecule has 2 atom stereocenters. The number of hydrogen-bond donors (Lipinski definition) is 2. The van der Waals surface area contributed by atoms with Crippen LogP contribution >= 0.6 is 0 Å². The zero-order valence-electron chi connectivity index (χ0n) is 8.98. The van der Waals surface area contributed by atoms with E-state index in [2.05, 4.69) is 6.58 Å². The third-order valence-corrected chi connectivity index (χ3v) is 1.94. The van der Waals surface area contributed by atoms with Gasteiger partial charge < -0.3 is 10.2 Å². The Bertz CT molecular complexity index is 216. The van der Waals surface area contributed by atoms with E-state index in [-0.39, 0.29) is 0 Å². The number of aliphatic hydroxyl groups is 2. The van der Waals surface area contributed by atoms with Gasteiger partial charge in [-0.05, 0) is 18.9 Å². The summed E-state index contributed by atoms with van der Waals surface area (Å²) in [6, 6.07) is 0. The third-order valence-electron chi connectivity index (χ3n) is 1.94. The Balaban J connectivity index is 4.10. The first-order valence-electron chi connectivity index (χ1n) is 4.97. The molecular formula is C12H20O2. The van der Waals surface area contributed by atoms with E-state index in [1.165, 1.54) is 0 Å². The molecule has 2 N–H and O–H groups in total. The van der Waals surface area contributed by atoms with Crippen molar-refractivity contribution in [1.29, 1.82) is 0 Å². The van der Waals surface area contributed by atoms with Gasteiger partial charge in [-0.3, -0.25) is 0 Å². The van der Waals surface area contributed by atoms with Crippen LogP contribution in [0, 0.1) is 0 Å². The Labute approximate surface area is 86.3 Å². The van der Waals surface area contributed by atoms with Crippen molar-refractivity contribution in [3.8, 4) is 0 Å². The average Bonchev–Trinajstić information content (AvgIpc) is 2.17. The molecule has 80 valence electrons. The van der Waals surface area contributed by atoms with E-state index >= 15 is 0 Å². The molecule has 0 aromatic heterocycles. The summed E-state index contributed by atoms with van der Waals surface area (Å²) in [7, 11) is 0. The Morgan fingerprint density at radius 1 is 1.36 bits per heavy atom. The molecule has 0 aliphatic carbocycles. The molecule has 0 saturated heterocycles. The van der Waals surface area contributed by atoms with E-state index in [9.17, 15) is 10.2 Å². The lowest BCUT2D eigenvalue weighted by Gasteiger charge is -2.17. The third kappa shape index (κ3) is 5.00. The Kier molecular flexibility index (Phi) is 7.07. The summed E-state index contributed by atoms with van der Waals surface area (Å²) < 4.78 is 0. The maximum Gasteiger partial charge on any atom is 0.104 e. The highest BCUT2D eigenvalue weighted by Crippen LogP contribution is 2.10. The van der Waals surface area contributed by atoms with Crippen molar-refractivity contribution in [2.75, 3.05) is 0 Å². The van der Waals surface area contributed by atoms with Crippen molar-refractivity contribution in [3.63, 3.8) is 0 Å². The van der Waals surface area contributed by atoms with Crippen LogP contribution in [-0.2, 0) is 0 Å². The number of rotatable bonds is 6. The molecule has 0 aliphatic rings. The molecule has 0 spiro atoms. The van der Waals surface area contributed by atoms with Crippen LogP contribution in [0.4, 0.5) is 0 Å². The summed E-state index contributed by atoms with van der Waals surface area (Å²) in [5.74, 6) is 0. The van der Waals surface area contributed by atoms with Crippen LogP contribution in [0.5, 0.6) is 0 Å². The average molecular weight is 196 g/mol. The van der Waals surface area contributed by atoms with Crippen LogP contribution in [0.2, 0.25) is 0 Å². The van der Waals surface area contributed by atoms with Crippen molar-refractivity contribution >= 4 is 0 Å². The molecule has 0 aromatic rings. The molecule has 0 rings (SSSR count). The van der Waals surface area contributed by atoms with Crippen LogP contribution in [0.3, 0.4) is 0 Å². The van der Waals surface area contributed by atoms with Gasteiger partial charge in [0.15, 0.2) is 0 Å². The monoisotopic (exact) mass is 196 g/mol. The van der Waals surface area contributed by atoms with Crippen molar-refractivity contribution in [1.82, 2.24) is 0 Å². The van der Waals surface area contributed by atoms with Crippen LogP contribution < -0.4 is 0 Å². The van der Waals surface area contributed by atoms with E-state index < -0.39 is 12.2 Å². The zero-order valence-corrected chi connectivity index (χ0v) is 8.98. The lowest BCUT2D eigenvalue weighted by Crippen LogP contribution is -2.26. The molecule has 2 nitrogen and oxygen atoms in total. The normalized spacial score (nSPS) is 16.3. The zero-order chi connectivity index (χ0) is 11.0. The van der Waals surface area contributed by atoms with Gasteiger partial charge in [-0.1, -0.05) is 44.2 Å². The highest BCUT2D eigenvalue weighted by Gasteiger charge is 2.16. The summed E-state index contributed by atoms with van der Waals surface area (Å²) in [4.78, 5) is 0. The smallest absolute Gasteiger partial charge is 0.104 e. The van der Waals surface area contributed by atoms with Crippen LogP contribution in [-0.4, -0.2) is 22.4 Å². The fourth-order valence-electron chi connectivity index (χ4n) is 1.09. The molecule has 0 radical (unpaired) electrons. The molecule has 0 heterocycles. The predicted molar refractivity (Wildman–Crippen MR) is 60.0 cm³/mol. The van der Waals surface area contributed by atoms with Gasteiger partial charge in [-0.25, -0.2) is 0 Å². The van der Waals surface area contributed by atoms with Crippen LogP contribution in [0.25, 0.3) is 0 Å². The van der Waals surface area contributed by atoms with Crippen molar-refractivity contribution in [3.05, 3.63) is 36.5 Å². The van der Waals surface area contributed by atoms with Crippen LogP contribution in [0.15, 0.2) is 36.5 Å². The number of hydrogen-bond acceptors (Lipinski definition) is 2. The molecular weight excluding hydrogens is 176 g/mol. The van der Waals surface area contributed by atoms with Gasteiger partial charge in [0.05, 0.1) is 6.10 Å². The second-order valence-corrected chi connectivity index (χ2v) is 3.26. The van der Waals surface area contributed by atoms with Crippen molar-refractivity contribution in [2.45, 2.75) is 38.9 Å². The summed E-state index contributed by atoms with van der Waals surface area (Å²) >= 11 is 0. The lowest BCUT2D eigenvalue weighted by molar-refractivity contribution is 0.0383. The van der Waals surface area contributed by atoms with Crippen molar-refractivity contribution in [2.24, 2.45) is 0 Å². The highest BCUT2D eigenvalue weighted by molar-refractivity contribution is 5.23. The minimum atomic E-state index is -0.851. The van der Waals surface area contributed by atoms with Crippen molar-refractivity contribution < 1.29 is 10.2 Å². The molecule has 0 saturated carbocycles. The van der Waals surface area contributed by atoms with Gasteiger partial charge >= 0.3 is 0 Å². The highest BCUT2D eigenvalue weighted by atomic mass is 16.3. The minimum Gasteiger partial charge on any atom is -0.390 e. The largest absolute Gasteiger partial charge is 0.390 e. The Morgan fingerprint density at radius 3 is 2.50 bits per heavy atom. The van der Waals surface area contributed by atoms with E-state index in [4.69, 9.17) is 0 Å². The second-order valence-electron chi connectivity index (χ2n) is 3.26. The SMILES string of the molecule is C=C(/C=C\C=C/C)C(O)C(O)CCC. The first-order chi connectivity index (χ1) is 6.63. The molecule has 2 heteroatoms. The fraction of sp³-hybridized carbons (Fsp3) is 0.500. The maximum absolute atomic E-state index is 9.59. The second kappa shape index (κ2) is 7.54. The van der Waals surface area contributed by atoms with Gasteiger partial charge in [0.25, 0.3) is 0 Å². The van der Waals surface area contributed by atoms with E-state index in [1.54, 1.807) is 12.2 Å². The lowest BCUT2D eigenvalue weighted by atomic mass is 10.0. The summed E-state index contributed by atoms with van der Waals surface area (Å²) in [5, 5.41) is 19.1. The topological polar surface area (TPSA) is 40.5 Å². The number of aliphatic hydroxyl groups excluding tert-OH is 2. The first kappa shape index (κ1) is 13.1.